The lowest BCUT2D eigenvalue weighted by Crippen LogP contribution is -2.41. The number of nitrogens with zero attached hydrogens (tertiary/aromatic N) is 1. The summed E-state index contributed by atoms with van der Waals surface area (Å²) in [6, 6.07) is 8.52. The first-order valence-electron chi connectivity index (χ1n) is 7.45. The van der Waals surface area contributed by atoms with Gasteiger partial charge in [0.2, 0.25) is 0 Å². The number of hydrogen-bond acceptors (Lipinski definition) is 4. The zero-order valence-electron chi connectivity index (χ0n) is 12.6. The Bertz CT molecular complexity index is 533. The molecule has 0 aromatic heterocycles. The van der Waals surface area contributed by atoms with E-state index < -0.39 is 0 Å². The van der Waals surface area contributed by atoms with Crippen molar-refractivity contribution in [3.8, 4) is 0 Å². The number of carbonyl (C=O) groups excluding carboxylic acids is 1. The summed E-state index contributed by atoms with van der Waals surface area (Å²) in [6.07, 6.45) is 0.980. The quantitative estimate of drug-likeness (QED) is 0.926. The van der Waals surface area contributed by atoms with Gasteiger partial charge in [-0.2, -0.15) is 11.8 Å². The number of ether oxygens (including phenoxy) is 1. The number of amides is 1. The van der Waals surface area contributed by atoms with E-state index in [4.69, 9.17) is 4.74 Å². The molecule has 0 aliphatic carbocycles. The molecule has 21 heavy (non-hydrogen) atoms. The van der Waals surface area contributed by atoms with Crippen molar-refractivity contribution < 1.29 is 9.53 Å². The highest BCUT2D eigenvalue weighted by Crippen LogP contribution is 2.36. The molecule has 2 heterocycles. The minimum Gasteiger partial charge on any atom is -0.447 e. The smallest absolute Gasteiger partial charge is 0.414 e. The summed E-state index contributed by atoms with van der Waals surface area (Å²) in [5.41, 5.74) is 2.28. The van der Waals surface area contributed by atoms with E-state index in [1.807, 2.05) is 30.0 Å². The number of carbonyl (C=O) groups is 1. The topological polar surface area (TPSA) is 41.6 Å². The fourth-order valence-electron chi connectivity index (χ4n) is 2.77. The molecule has 1 N–H and O–H groups in total. The number of cyclic esters (lactones) is 1. The molecule has 0 bridgehead atoms. The fraction of sp³-hybridized carbons (Fsp3) is 0.562. The molecule has 2 saturated heterocycles. The predicted octanol–water partition coefficient (Wildman–Crippen LogP) is 3.59. The Hall–Kier alpha value is -1.36. The highest BCUT2D eigenvalue weighted by Gasteiger charge is 2.32. The van der Waals surface area contributed by atoms with Crippen LogP contribution in [0.25, 0.3) is 0 Å². The summed E-state index contributed by atoms with van der Waals surface area (Å²) in [5.74, 6) is 2.37. The summed E-state index contributed by atoms with van der Waals surface area (Å²) in [6.45, 7) is 5.76. The molecule has 114 valence electrons. The molecule has 2 aliphatic rings. The average molecular weight is 306 g/mol. The van der Waals surface area contributed by atoms with E-state index >= 15 is 0 Å². The zero-order valence-corrected chi connectivity index (χ0v) is 13.4. The molecule has 0 spiro atoms. The van der Waals surface area contributed by atoms with E-state index in [0.29, 0.717) is 24.6 Å². The van der Waals surface area contributed by atoms with Crippen LogP contribution in [0, 0.1) is 5.41 Å². The monoisotopic (exact) mass is 306 g/mol. The molecule has 0 radical (unpaired) electrons. The molecule has 1 aromatic rings. The second-order valence-corrected chi connectivity index (χ2v) is 7.48. The van der Waals surface area contributed by atoms with Crippen molar-refractivity contribution in [2.75, 3.05) is 34.9 Å². The van der Waals surface area contributed by atoms with Gasteiger partial charge in [0, 0.05) is 23.2 Å². The third-order valence-corrected chi connectivity index (χ3v) is 5.44. The van der Waals surface area contributed by atoms with Gasteiger partial charge in [0.25, 0.3) is 0 Å². The van der Waals surface area contributed by atoms with Crippen molar-refractivity contribution in [1.29, 1.82) is 0 Å². The molecule has 0 saturated carbocycles. The first-order valence-corrected chi connectivity index (χ1v) is 8.60. The molecule has 4 nitrogen and oxygen atoms in total. The van der Waals surface area contributed by atoms with Gasteiger partial charge >= 0.3 is 6.09 Å². The van der Waals surface area contributed by atoms with Gasteiger partial charge < -0.3 is 10.1 Å². The number of anilines is 2. The summed E-state index contributed by atoms with van der Waals surface area (Å²) in [7, 11) is 0. The van der Waals surface area contributed by atoms with E-state index in [-0.39, 0.29) is 6.09 Å². The Morgan fingerprint density at radius 1 is 1.43 bits per heavy atom. The third kappa shape index (κ3) is 3.12. The highest BCUT2D eigenvalue weighted by atomic mass is 32.2. The molecule has 3 rings (SSSR count). The van der Waals surface area contributed by atoms with Gasteiger partial charge in [-0.25, -0.2) is 4.79 Å². The number of hydrogen-bond donors (Lipinski definition) is 1. The van der Waals surface area contributed by atoms with Crippen LogP contribution in [-0.4, -0.2) is 36.8 Å². The van der Waals surface area contributed by atoms with Gasteiger partial charge in [-0.05, 0) is 35.8 Å². The molecule has 2 fully saturated rings. The Balaban J connectivity index is 1.75. The number of nitrogens with one attached hydrogen (secondary N) is 1. The predicted molar refractivity (Wildman–Crippen MR) is 88.3 cm³/mol. The number of rotatable bonds is 3. The maximum Gasteiger partial charge on any atom is 0.414 e. The van der Waals surface area contributed by atoms with E-state index in [2.05, 4.69) is 25.2 Å². The summed E-state index contributed by atoms with van der Waals surface area (Å²) >= 11 is 2.01. The van der Waals surface area contributed by atoms with Crippen LogP contribution in [-0.2, 0) is 4.74 Å². The van der Waals surface area contributed by atoms with Gasteiger partial charge in [0.05, 0.1) is 6.54 Å². The summed E-state index contributed by atoms with van der Waals surface area (Å²) in [4.78, 5) is 13.3. The second kappa shape index (κ2) is 5.79. The molecule has 1 aromatic carbocycles. The Labute approximate surface area is 130 Å². The molecule has 1 atom stereocenters. The molecular weight excluding hydrogens is 284 g/mol. The molecule has 1 amide bonds. The van der Waals surface area contributed by atoms with Crippen molar-refractivity contribution in [2.24, 2.45) is 5.41 Å². The highest BCUT2D eigenvalue weighted by molar-refractivity contribution is 7.99. The lowest BCUT2D eigenvalue weighted by Gasteiger charge is -2.39. The van der Waals surface area contributed by atoms with Gasteiger partial charge in [-0.1, -0.05) is 19.9 Å². The first-order chi connectivity index (χ1) is 10.1. The number of benzene rings is 1. The van der Waals surface area contributed by atoms with Crippen LogP contribution in [0.3, 0.4) is 0 Å². The Kier molecular flexibility index (Phi) is 4.02. The molecule has 5 heteroatoms. The van der Waals surface area contributed by atoms with Crippen molar-refractivity contribution in [1.82, 2.24) is 0 Å². The van der Waals surface area contributed by atoms with E-state index in [0.717, 1.165) is 17.1 Å². The van der Waals surface area contributed by atoms with Crippen LogP contribution in [0.15, 0.2) is 24.3 Å². The fourth-order valence-corrected chi connectivity index (χ4v) is 4.37. The Morgan fingerprint density at radius 3 is 3.00 bits per heavy atom. The van der Waals surface area contributed by atoms with E-state index in [1.165, 1.54) is 12.2 Å². The largest absolute Gasteiger partial charge is 0.447 e. The lowest BCUT2D eigenvalue weighted by atomic mass is 9.82. The van der Waals surface area contributed by atoms with Gasteiger partial charge in [0.1, 0.15) is 6.61 Å². The van der Waals surface area contributed by atoms with Crippen LogP contribution >= 0.6 is 11.8 Å². The van der Waals surface area contributed by atoms with Crippen molar-refractivity contribution in [3.63, 3.8) is 0 Å². The van der Waals surface area contributed by atoms with E-state index in [9.17, 15) is 4.79 Å². The first kappa shape index (κ1) is 14.6. The van der Waals surface area contributed by atoms with Crippen LogP contribution in [0.5, 0.6) is 0 Å². The van der Waals surface area contributed by atoms with Crippen LogP contribution in [0.2, 0.25) is 0 Å². The maximum absolute atomic E-state index is 11.7. The van der Waals surface area contributed by atoms with Crippen molar-refractivity contribution >= 4 is 29.2 Å². The second-order valence-electron chi connectivity index (χ2n) is 6.33. The minimum atomic E-state index is -0.249. The minimum absolute atomic E-state index is 0.249. The standard InChI is InChI=1S/C16H22N2O2S/c1-16(2)6-9-21-11-14(16)17-12-4-3-5-13(10-12)18-7-8-20-15(18)19/h3-5,10,14,17H,6-9,11H2,1-2H3. The van der Waals surface area contributed by atoms with Crippen LogP contribution in [0.1, 0.15) is 20.3 Å². The molecule has 2 aliphatic heterocycles. The SMILES string of the molecule is CC1(C)CCSCC1Nc1cccc(N2CCOC2=O)c1. The lowest BCUT2D eigenvalue weighted by molar-refractivity contribution is 0.181. The number of thioether (sulfide) groups is 1. The third-order valence-electron chi connectivity index (χ3n) is 4.38. The average Bonchev–Trinajstić information content (AvgIpc) is 2.88. The van der Waals surface area contributed by atoms with Gasteiger partial charge in [0.15, 0.2) is 0 Å². The summed E-state index contributed by atoms with van der Waals surface area (Å²) in [5, 5.41) is 3.65. The van der Waals surface area contributed by atoms with Crippen molar-refractivity contribution in [3.05, 3.63) is 24.3 Å². The normalized spacial score (nSPS) is 24.8. The van der Waals surface area contributed by atoms with Gasteiger partial charge in [-0.15, -0.1) is 0 Å². The van der Waals surface area contributed by atoms with Crippen LogP contribution < -0.4 is 10.2 Å². The molecular formula is C16H22N2O2S. The Morgan fingerprint density at radius 2 is 2.29 bits per heavy atom. The summed E-state index contributed by atoms with van der Waals surface area (Å²) < 4.78 is 5.01. The zero-order chi connectivity index (χ0) is 14.9. The van der Waals surface area contributed by atoms with Crippen molar-refractivity contribution in [2.45, 2.75) is 26.3 Å². The maximum atomic E-state index is 11.7. The molecule has 1 unspecified atom stereocenters. The van der Waals surface area contributed by atoms with E-state index in [1.54, 1.807) is 4.90 Å². The van der Waals surface area contributed by atoms with Gasteiger partial charge in [-0.3, -0.25) is 4.90 Å². The van der Waals surface area contributed by atoms with Crippen LogP contribution in [0.4, 0.5) is 16.2 Å².